The molecule has 0 aliphatic rings. The van der Waals surface area contributed by atoms with E-state index in [-0.39, 0.29) is 11.5 Å². The van der Waals surface area contributed by atoms with Crippen LogP contribution in [0.25, 0.3) is 0 Å². The van der Waals surface area contributed by atoms with Gasteiger partial charge in [-0.2, -0.15) is 0 Å². The number of hydrogen-bond donors (Lipinski definition) is 1. The zero-order chi connectivity index (χ0) is 10.8. The fraction of sp³-hybridized carbons (Fsp3) is 0.333. The van der Waals surface area contributed by atoms with Gasteiger partial charge in [0.15, 0.2) is 9.84 Å². The van der Waals surface area contributed by atoms with Crippen LogP contribution in [0.1, 0.15) is 11.1 Å². The Hall–Kier alpha value is -0.910. The number of sulfone groups is 1. The summed E-state index contributed by atoms with van der Waals surface area (Å²) in [5.74, 6) is 4.92. The average molecular weight is 215 g/mol. The first kappa shape index (κ1) is 11.2. The van der Waals surface area contributed by atoms with Crippen LogP contribution in [0, 0.1) is 6.92 Å². The molecule has 0 aliphatic heterocycles. The predicted molar refractivity (Wildman–Crippen MR) is 53.3 cm³/mol. The molecular weight excluding hydrogens is 202 g/mol. The first-order chi connectivity index (χ1) is 6.45. The van der Waals surface area contributed by atoms with Gasteiger partial charge in [-0.1, -0.05) is 12.1 Å². The number of hydrogen-bond acceptors (Lipinski definition) is 4. The molecule has 5 heteroatoms. The molecule has 1 rings (SSSR count). The second-order valence-electron chi connectivity index (χ2n) is 3.19. The standard InChI is InChI=1S/C9H13NO3S/c1-7-3-4-8(6-13-10)9(5-7)14(2,11)12/h3-5H,6,10H2,1-2H3. The second kappa shape index (κ2) is 4.08. The summed E-state index contributed by atoms with van der Waals surface area (Å²) < 4.78 is 22.8. The molecule has 14 heavy (non-hydrogen) atoms. The molecule has 4 nitrogen and oxygen atoms in total. The van der Waals surface area contributed by atoms with Crippen molar-refractivity contribution in [2.24, 2.45) is 5.90 Å². The molecule has 2 N–H and O–H groups in total. The van der Waals surface area contributed by atoms with Crippen molar-refractivity contribution in [3.8, 4) is 0 Å². The Morgan fingerprint density at radius 3 is 2.57 bits per heavy atom. The maximum Gasteiger partial charge on any atom is 0.175 e. The summed E-state index contributed by atoms with van der Waals surface area (Å²) in [7, 11) is -3.21. The minimum atomic E-state index is -3.21. The summed E-state index contributed by atoms with van der Waals surface area (Å²) in [5, 5.41) is 0. The molecule has 1 aromatic carbocycles. The van der Waals surface area contributed by atoms with Crippen molar-refractivity contribution >= 4 is 9.84 Å². The van der Waals surface area contributed by atoms with E-state index in [1.165, 1.54) is 6.26 Å². The number of aryl methyl sites for hydroxylation is 1. The zero-order valence-corrected chi connectivity index (χ0v) is 8.97. The highest BCUT2D eigenvalue weighted by Gasteiger charge is 2.12. The van der Waals surface area contributed by atoms with Gasteiger partial charge in [0, 0.05) is 6.26 Å². The molecule has 0 unspecified atom stereocenters. The predicted octanol–water partition coefficient (Wildman–Crippen LogP) is 0.789. The average Bonchev–Trinajstić information content (AvgIpc) is 2.07. The maximum absolute atomic E-state index is 11.4. The van der Waals surface area contributed by atoms with Gasteiger partial charge in [-0.05, 0) is 24.1 Å². The van der Waals surface area contributed by atoms with Crippen LogP contribution in [0.3, 0.4) is 0 Å². The third-order valence-electron chi connectivity index (χ3n) is 1.86. The van der Waals surface area contributed by atoms with E-state index in [1.54, 1.807) is 12.1 Å². The minimum Gasteiger partial charge on any atom is -0.300 e. The molecule has 0 atom stereocenters. The third kappa shape index (κ3) is 2.54. The first-order valence-electron chi connectivity index (χ1n) is 4.06. The van der Waals surface area contributed by atoms with Crippen LogP contribution in [0.2, 0.25) is 0 Å². The van der Waals surface area contributed by atoms with Gasteiger partial charge in [0.2, 0.25) is 0 Å². The molecule has 0 saturated heterocycles. The minimum absolute atomic E-state index is 0.0999. The van der Waals surface area contributed by atoms with Crippen LogP contribution in [0.15, 0.2) is 23.1 Å². The largest absolute Gasteiger partial charge is 0.300 e. The summed E-state index contributed by atoms with van der Waals surface area (Å²) in [6.07, 6.45) is 1.17. The van der Waals surface area contributed by atoms with Crippen molar-refractivity contribution < 1.29 is 13.3 Å². The smallest absolute Gasteiger partial charge is 0.175 e. The van der Waals surface area contributed by atoms with Crippen LogP contribution < -0.4 is 5.90 Å². The summed E-state index contributed by atoms with van der Waals surface area (Å²) in [6.45, 7) is 1.93. The Morgan fingerprint density at radius 1 is 1.43 bits per heavy atom. The first-order valence-corrected chi connectivity index (χ1v) is 5.95. The molecule has 0 amide bonds. The van der Waals surface area contributed by atoms with E-state index < -0.39 is 9.84 Å². The zero-order valence-electron chi connectivity index (χ0n) is 8.15. The van der Waals surface area contributed by atoms with E-state index in [9.17, 15) is 8.42 Å². The lowest BCUT2D eigenvalue weighted by Crippen LogP contribution is -2.06. The van der Waals surface area contributed by atoms with Gasteiger partial charge in [0.25, 0.3) is 0 Å². The van der Waals surface area contributed by atoms with Gasteiger partial charge in [0.05, 0.1) is 11.5 Å². The highest BCUT2D eigenvalue weighted by atomic mass is 32.2. The fourth-order valence-electron chi connectivity index (χ4n) is 1.22. The maximum atomic E-state index is 11.4. The molecule has 0 bridgehead atoms. The Bertz CT molecular complexity index is 426. The van der Waals surface area contributed by atoms with Gasteiger partial charge in [0.1, 0.15) is 0 Å². The Morgan fingerprint density at radius 2 is 2.07 bits per heavy atom. The lowest BCUT2D eigenvalue weighted by atomic mass is 10.2. The van der Waals surface area contributed by atoms with Crippen molar-refractivity contribution in [1.82, 2.24) is 0 Å². The number of benzene rings is 1. The Labute approximate surface area is 83.6 Å². The van der Waals surface area contributed by atoms with E-state index in [2.05, 4.69) is 4.84 Å². The van der Waals surface area contributed by atoms with Crippen molar-refractivity contribution in [2.75, 3.05) is 6.26 Å². The summed E-state index contributed by atoms with van der Waals surface area (Å²) in [6, 6.07) is 5.14. The van der Waals surface area contributed by atoms with Gasteiger partial charge >= 0.3 is 0 Å². The van der Waals surface area contributed by atoms with Crippen LogP contribution in [0.5, 0.6) is 0 Å². The molecule has 0 fully saturated rings. The third-order valence-corrected chi connectivity index (χ3v) is 3.04. The van der Waals surface area contributed by atoms with E-state index >= 15 is 0 Å². The van der Waals surface area contributed by atoms with Crippen LogP contribution in [-0.2, 0) is 21.3 Å². The molecule has 0 spiro atoms. The quantitative estimate of drug-likeness (QED) is 0.757. The van der Waals surface area contributed by atoms with Gasteiger partial charge in [-0.15, -0.1) is 0 Å². The topological polar surface area (TPSA) is 69.4 Å². The SMILES string of the molecule is Cc1ccc(CON)c(S(C)(=O)=O)c1. The van der Waals surface area contributed by atoms with Crippen molar-refractivity contribution in [3.05, 3.63) is 29.3 Å². The van der Waals surface area contributed by atoms with Crippen molar-refractivity contribution in [3.63, 3.8) is 0 Å². The molecule has 0 radical (unpaired) electrons. The molecule has 78 valence electrons. The van der Waals surface area contributed by atoms with Crippen LogP contribution in [0.4, 0.5) is 0 Å². The van der Waals surface area contributed by atoms with Crippen LogP contribution in [-0.4, -0.2) is 14.7 Å². The monoisotopic (exact) mass is 215 g/mol. The second-order valence-corrected chi connectivity index (χ2v) is 5.18. The number of nitrogens with two attached hydrogens (primary N) is 1. The summed E-state index contributed by atoms with van der Waals surface area (Å²) in [5.41, 5.74) is 1.48. The summed E-state index contributed by atoms with van der Waals surface area (Å²) >= 11 is 0. The van der Waals surface area contributed by atoms with Crippen molar-refractivity contribution in [2.45, 2.75) is 18.4 Å². The Balaban J connectivity index is 3.30. The highest BCUT2D eigenvalue weighted by Crippen LogP contribution is 2.17. The summed E-state index contributed by atoms with van der Waals surface area (Å²) in [4.78, 5) is 4.72. The molecule has 0 aromatic heterocycles. The molecular formula is C9H13NO3S. The van der Waals surface area contributed by atoms with E-state index in [4.69, 9.17) is 5.90 Å². The lowest BCUT2D eigenvalue weighted by Gasteiger charge is -2.07. The highest BCUT2D eigenvalue weighted by molar-refractivity contribution is 7.90. The lowest BCUT2D eigenvalue weighted by molar-refractivity contribution is 0.122. The molecule has 0 aliphatic carbocycles. The molecule has 1 aromatic rings. The van der Waals surface area contributed by atoms with Gasteiger partial charge in [-0.3, -0.25) is 4.84 Å². The molecule has 0 heterocycles. The van der Waals surface area contributed by atoms with E-state index in [0.717, 1.165) is 5.56 Å². The Kier molecular flexibility index (Phi) is 3.25. The fourth-order valence-corrected chi connectivity index (χ4v) is 2.22. The van der Waals surface area contributed by atoms with E-state index in [0.29, 0.717) is 5.56 Å². The normalized spacial score (nSPS) is 11.6. The number of rotatable bonds is 3. The van der Waals surface area contributed by atoms with Gasteiger partial charge < -0.3 is 0 Å². The van der Waals surface area contributed by atoms with Crippen molar-refractivity contribution in [1.29, 1.82) is 0 Å². The van der Waals surface area contributed by atoms with E-state index in [1.807, 2.05) is 13.0 Å². The van der Waals surface area contributed by atoms with Gasteiger partial charge in [-0.25, -0.2) is 14.3 Å². The van der Waals surface area contributed by atoms with Crippen LogP contribution >= 0.6 is 0 Å². The molecule has 0 saturated carbocycles.